The fourth-order valence-electron chi connectivity index (χ4n) is 2.55. The summed E-state index contributed by atoms with van der Waals surface area (Å²) < 4.78 is 13.5. The van der Waals surface area contributed by atoms with Gasteiger partial charge in [-0.15, -0.1) is 0 Å². The van der Waals surface area contributed by atoms with Crippen LogP contribution in [0.5, 0.6) is 0 Å². The summed E-state index contributed by atoms with van der Waals surface area (Å²) in [7, 11) is 0. The van der Waals surface area contributed by atoms with Crippen molar-refractivity contribution in [2.24, 2.45) is 0 Å². The van der Waals surface area contributed by atoms with Crippen LogP contribution in [-0.4, -0.2) is 31.1 Å². The summed E-state index contributed by atoms with van der Waals surface area (Å²) in [6.07, 6.45) is 2.02. The molecule has 0 aliphatic heterocycles. The standard InChI is InChI=1S/C20H20FN5O2/c21-17-2-1-3-18(16(17)12-22)23-10-11-24-19(27)13-4-6-14(7-5-13)25-20(28)26-15-8-9-15/h1-7,15,23H,8-11H2,(H,24,27)(H2,25,26,28). The second-order valence-corrected chi connectivity index (χ2v) is 6.41. The number of halogens is 1. The lowest BCUT2D eigenvalue weighted by Gasteiger charge is -2.10. The molecule has 0 heterocycles. The van der Waals surface area contributed by atoms with Crippen LogP contribution >= 0.6 is 0 Å². The van der Waals surface area contributed by atoms with E-state index in [0.717, 1.165) is 12.8 Å². The van der Waals surface area contributed by atoms with Crippen molar-refractivity contribution >= 4 is 23.3 Å². The molecule has 7 nitrogen and oxygen atoms in total. The van der Waals surface area contributed by atoms with Gasteiger partial charge in [-0.2, -0.15) is 5.26 Å². The van der Waals surface area contributed by atoms with Gasteiger partial charge in [0.25, 0.3) is 5.91 Å². The van der Waals surface area contributed by atoms with Crippen molar-refractivity contribution in [1.29, 1.82) is 5.26 Å². The highest BCUT2D eigenvalue weighted by atomic mass is 19.1. The molecule has 0 bridgehead atoms. The number of nitrogens with zero attached hydrogens (tertiary/aromatic N) is 1. The molecule has 0 aromatic heterocycles. The molecular weight excluding hydrogens is 361 g/mol. The van der Waals surface area contributed by atoms with Crippen LogP contribution in [0.4, 0.5) is 20.6 Å². The van der Waals surface area contributed by atoms with Gasteiger partial charge in [-0.3, -0.25) is 4.79 Å². The molecule has 144 valence electrons. The second-order valence-electron chi connectivity index (χ2n) is 6.41. The molecule has 8 heteroatoms. The molecule has 1 saturated carbocycles. The highest BCUT2D eigenvalue weighted by Gasteiger charge is 2.23. The van der Waals surface area contributed by atoms with Gasteiger partial charge in [-0.25, -0.2) is 9.18 Å². The van der Waals surface area contributed by atoms with Crippen molar-refractivity contribution in [2.45, 2.75) is 18.9 Å². The van der Waals surface area contributed by atoms with Crippen LogP contribution in [0.1, 0.15) is 28.8 Å². The number of carbonyl (C=O) groups is 2. The number of anilines is 2. The van der Waals surface area contributed by atoms with Gasteiger partial charge in [-0.1, -0.05) is 6.07 Å². The van der Waals surface area contributed by atoms with E-state index >= 15 is 0 Å². The maximum atomic E-state index is 13.5. The predicted octanol–water partition coefficient (Wildman–Crippen LogP) is 2.82. The minimum Gasteiger partial charge on any atom is -0.382 e. The van der Waals surface area contributed by atoms with E-state index in [1.165, 1.54) is 12.1 Å². The summed E-state index contributed by atoms with van der Waals surface area (Å²) in [4.78, 5) is 23.9. The van der Waals surface area contributed by atoms with E-state index in [4.69, 9.17) is 5.26 Å². The van der Waals surface area contributed by atoms with Gasteiger partial charge in [0.15, 0.2) is 0 Å². The summed E-state index contributed by atoms with van der Waals surface area (Å²) in [5.41, 5.74) is 1.39. The largest absolute Gasteiger partial charge is 0.382 e. The molecule has 0 saturated heterocycles. The zero-order chi connectivity index (χ0) is 19.9. The first-order valence-electron chi connectivity index (χ1n) is 8.95. The van der Waals surface area contributed by atoms with Crippen molar-refractivity contribution in [2.75, 3.05) is 23.7 Å². The molecule has 2 aromatic carbocycles. The fourth-order valence-corrected chi connectivity index (χ4v) is 2.55. The molecule has 3 amide bonds. The molecule has 1 fully saturated rings. The lowest BCUT2D eigenvalue weighted by molar-refractivity contribution is 0.0955. The number of rotatable bonds is 7. The third-order valence-corrected chi connectivity index (χ3v) is 4.17. The molecular formula is C20H20FN5O2. The van der Waals surface area contributed by atoms with E-state index in [1.54, 1.807) is 30.3 Å². The number of urea groups is 1. The molecule has 28 heavy (non-hydrogen) atoms. The highest BCUT2D eigenvalue weighted by Crippen LogP contribution is 2.19. The van der Waals surface area contributed by atoms with E-state index in [9.17, 15) is 14.0 Å². The fraction of sp³-hybridized carbons (Fsp3) is 0.250. The zero-order valence-electron chi connectivity index (χ0n) is 15.1. The van der Waals surface area contributed by atoms with Gasteiger partial charge >= 0.3 is 6.03 Å². The van der Waals surface area contributed by atoms with Gasteiger partial charge in [0, 0.05) is 30.4 Å². The first-order chi connectivity index (χ1) is 13.6. The Kier molecular flexibility index (Phi) is 6.07. The normalized spacial score (nSPS) is 12.6. The lowest BCUT2D eigenvalue weighted by Crippen LogP contribution is -2.30. The monoisotopic (exact) mass is 381 g/mol. The molecule has 0 atom stereocenters. The smallest absolute Gasteiger partial charge is 0.319 e. The first kappa shape index (κ1) is 19.2. The molecule has 4 N–H and O–H groups in total. The Morgan fingerprint density at radius 2 is 1.86 bits per heavy atom. The van der Waals surface area contributed by atoms with Crippen LogP contribution in [0.3, 0.4) is 0 Å². The number of nitriles is 1. The number of benzene rings is 2. The lowest BCUT2D eigenvalue weighted by atomic mass is 10.2. The van der Waals surface area contributed by atoms with Gasteiger partial charge in [0.05, 0.1) is 5.69 Å². The molecule has 1 aliphatic carbocycles. The minimum absolute atomic E-state index is 0.0531. The van der Waals surface area contributed by atoms with Crippen LogP contribution < -0.4 is 21.3 Å². The first-order valence-corrected chi connectivity index (χ1v) is 8.95. The summed E-state index contributed by atoms with van der Waals surface area (Å²) >= 11 is 0. The van der Waals surface area contributed by atoms with Gasteiger partial charge in [-0.05, 0) is 49.2 Å². The van der Waals surface area contributed by atoms with E-state index in [2.05, 4.69) is 21.3 Å². The summed E-state index contributed by atoms with van der Waals surface area (Å²) in [5.74, 6) is -0.855. The minimum atomic E-state index is -0.587. The van der Waals surface area contributed by atoms with Crippen LogP contribution in [-0.2, 0) is 0 Å². The number of nitrogens with one attached hydrogen (secondary N) is 4. The Balaban J connectivity index is 1.44. The van der Waals surface area contributed by atoms with Crippen molar-refractivity contribution in [3.8, 4) is 6.07 Å². The number of amides is 3. The van der Waals surface area contributed by atoms with Crippen LogP contribution in [0.25, 0.3) is 0 Å². The number of carbonyl (C=O) groups excluding carboxylic acids is 2. The van der Waals surface area contributed by atoms with Gasteiger partial charge in [0.1, 0.15) is 17.4 Å². The Labute approximate surface area is 161 Å². The molecule has 0 radical (unpaired) electrons. The number of hydrogen-bond acceptors (Lipinski definition) is 4. The topological polar surface area (TPSA) is 106 Å². The summed E-state index contributed by atoms with van der Waals surface area (Å²) in [6.45, 7) is 0.634. The third kappa shape index (κ3) is 5.20. The SMILES string of the molecule is N#Cc1c(F)cccc1NCCNC(=O)c1ccc(NC(=O)NC2CC2)cc1. The van der Waals surface area contributed by atoms with E-state index < -0.39 is 5.82 Å². The third-order valence-electron chi connectivity index (χ3n) is 4.17. The zero-order valence-corrected chi connectivity index (χ0v) is 15.1. The van der Waals surface area contributed by atoms with Crippen molar-refractivity contribution in [3.05, 3.63) is 59.4 Å². The van der Waals surface area contributed by atoms with E-state index in [0.29, 0.717) is 30.0 Å². The Bertz CT molecular complexity index is 904. The van der Waals surface area contributed by atoms with Crippen LogP contribution in [0, 0.1) is 17.1 Å². The van der Waals surface area contributed by atoms with E-state index in [-0.39, 0.29) is 23.5 Å². The predicted molar refractivity (Wildman–Crippen MR) is 104 cm³/mol. The van der Waals surface area contributed by atoms with Gasteiger partial charge in [0.2, 0.25) is 0 Å². The Hall–Kier alpha value is -3.60. The average Bonchev–Trinajstić information content (AvgIpc) is 3.49. The second kappa shape index (κ2) is 8.86. The molecule has 2 aromatic rings. The van der Waals surface area contributed by atoms with Crippen molar-refractivity contribution in [1.82, 2.24) is 10.6 Å². The van der Waals surface area contributed by atoms with E-state index in [1.807, 2.05) is 6.07 Å². The van der Waals surface area contributed by atoms with Gasteiger partial charge < -0.3 is 21.3 Å². The summed E-state index contributed by atoms with van der Waals surface area (Å²) in [6, 6.07) is 12.7. The maximum absolute atomic E-state index is 13.5. The Morgan fingerprint density at radius 1 is 1.11 bits per heavy atom. The van der Waals surface area contributed by atoms with Crippen LogP contribution in [0.2, 0.25) is 0 Å². The molecule has 0 unspecified atom stereocenters. The van der Waals surface area contributed by atoms with Crippen molar-refractivity contribution in [3.63, 3.8) is 0 Å². The average molecular weight is 381 g/mol. The summed E-state index contributed by atoms with van der Waals surface area (Å²) in [5, 5.41) is 20.2. The molecule has 1 aliphatic rings. The number of hydrogen-bond donors (Lipinski definition) is 4. The molecule has 0 spiro atoms. The highest BCUT2D eigenvalue weighted by molar-refractivity contribution is 5.95. The maximum Gasteiger partial charge on any atom is 0.319 e. The quantitative estimate of drug-likeness (QED) is 0.553. The van der Waals surface area contributed by atoms with Crippen molar-refractivity contribution < 1.29 is 14.0 Å². The van der Waals surface area contributed by atoms with Crippen LogP contribution in [0.15, 0.2) is 42.5 Å². The molecule has 3 rings (SSSR count). The Morgan fingerprint density at radius 3 is 2.54 bits per heavy atom.